The number of nitrogens with zero attached hydrogens (tertiary/aromatic N) is 2. The van der Waals surface area contributed by atoms with E-state index in [0.29, 0.717) is 37.9 Å². The molecule has 28 heavy (non-hydrogen) atoms. The van der Waals surface area contributed by atoms with E-state index in [4.69, 9.17) is 9.73 Å². The molecule has 1 rings (SSSR count). The van der Waals surface area contributed by atoms with E-state index >= 15 is 0 Å². The summed E-state index contributed by atoms with van der Waals surface area (Å²) in [7, 11) is 1.49. The summed E-state index contributed by atoms with van der Waals surface area (Å²) >= 11 is 0. The number of nitrogens with one attached hydrogen (secondary N) is 2. The van der Waals surface area contributed by atoms with Crippen LogP contribution in [0, 0.1) is 11.3 Å². The molecule has 0 aromatic rings. The van der Waals surface area contributed by atoms with Crippen LogP contribution in [0.1, 0.15) is 47.0 Å². The smallest absolute Gasteiger partial charge is 0.377 e. The lowest BCUT2D eigenvalue weighted by molar-refractivity contribution is -0.143. The quantitative estimate of drug-likeness (QED) is 0.220. The van der Waals surface area contributed by atoms with Crippen LogP contribution in [-0.4, -0.2) is 69.5 Å². The second kappa shape index (κ2) is 13.1. The van der Waals surface area contributed by atoms with Gasteiger partial charge in [0, 0.05) is 32.2 Å². The van der Waals surface area contributed by atoms with Crippen molar-refractivity contribution in [2.45, 2.75) is 59.2 Å². The van der Waals surface area contributed by atoms with Crippen molar-refractivity contribution in [3.63, 3.8) is 0 Å². The van der Waals surface area contributed by atoms with Crippen molar-refractivity contribution in [3.8, 4) is 0 Å². The zero-order valence-corrected chi connectivity index (χ0v) is 20.2. The molecule has 0 aliphatic carbocycles. The molecule has 9 heteroatoms. The summed E-state index contributed by atoms with van der Waals surface area (Å²) in [6, 6.07) is 0. The van der Waals surface area contributed by atoms with Crippen molar-refractivity contribution < 1.29 is 17.9 Å². The van der Waals surface area contributed by atoms with Crippen LogP contribution in [0.4, 0.5) is 13.2 Å². The number of guanidine groups is 1. The number of rotatable bonds is 8. The fraction of sp³-hybridized carbons (Fsp3) is 0.947. The Hall–Kier alpha value is -0.290. The van der Waals surface area contributed by atoms with Crippen LogP contribution in [0.2, 0.25) is 0 Å². The number of hydrogen-bond donors (Lipinski definition) is 2. The Morgan fingerprint density at radius 1 is 1.21 bits per heavy atom. The second-order valence-electron chi connectivity index (χ2n) is 8.41. The monoisotopic (exact) mass is 522 g/mol. The van der Waals surface area contributed by atoms with Gasteiger partial charge in [-0.15, -0.1) is 24.0 Å². The summed E-state index contributed by atoms with van der Waals surface area (Å²) in [5.74, 6) is 1.10. The first-order valence-electron chi connectivity index (χ1n) is 9.92. The number of hydrogen-bond acceptors (Lipinski definition) is 3. The SMILES string of the molecule is CCNC(=NCC1CCCOC1C(C)(C)C)NCCCN(C)CC(F)(F)F.I. The molecule has 0 saturated carbocycles. The Labute approximate surface area is 185 Å². The minimum atomic E-state index is -4.15. The van der Waals surface area contributed by atoms with Crippen molar-refractivity contribution in [2.75, 3.05) is 46.4 Å². The van der Waals surface area contributed by atoms with Crippen LogP contribution in [0.15, 0.2) is 4.99 Å². The Kier molecular flexibility index (Phi) is 13.0. The summed E-state index contributed by atoms with van der Waals surface area (Å²) in [4.78, 5) is 5.99. The maximum Gasteiger partial charge on any atom is 0.401 e. The standard InChI is InChI=1S/C19H37F3N4O.HI/c1-6-23-17(24-10-8-11-26(5)14-19(20,21)22)25-13-15-9-7-12-27-16(15)18(2,3)4;/h15-16H,6-14H2,1-5H3,(H2,23,24,25);1H. The van der Waals surface area contributed by atoms with Crippen LogP contribution < -0.4 is 10.6 Å². The maximum atomic E-state index is 12.3. The van der Waals surface area contributed by atoms with E-state index in [9.17, 15) is 13.2 Å². The third-order valence-corrected chi connectivity index (χ3v) is 4.58. The minimum absolute atomic E-state index is 0. The molecule has 0 bridgehead atoms. The van der Waals surface area contributed by atoms with E-state index in [2.05, 4.69) is 31.4 Å². The van der Waals surface area contributed by atoms with Gasteiger partial charge in [0.25, 0.3) is 0 Å². The van der Waals surface area contributed by atoms with Gasteiger partial charge in [-0.1, -0.05) is 20.8 Å². The molecule has 0 aromatic heterocycles. The third-order valence-electron chi connectivity index (χ3n) is 4.58. The van der Waals surface area contributed by atoms with Gasteiger partial charge in [0.05, 0.1) is 12.6 Å². The van der Waals surface area contributed by atoms with Crippen LogP contribution in [-0.2, 0) is 4.74 Å². The number of halogens is 4. The highest BCUT2D eigenvalue weighted by atomic mass is 127. The average Bonchev–Trinajstić information content (AvgIpc) is 2.54. The fourth-order valence-electron chi connectivity index (χ4n) is 3.48. The molecule has 1 fully saturated rings. The van der Waals surface area contributed by atoms with E-state index in [0.717, 1.165) is 26.0 Å². The van der Waals surface area contributed by atoms with Crippen molar-refractivity contribution in [3.05, 3.63) is 0 Å². The van der Waals surface area contributed by atoms with Gasteiger partial charge in [-0.05, 0) is 45.2 Å². The summed E-state index contributed by atoms with van der Waals surface area (Å²) in [6.07, 6.45) is -1.18. The molecule has 2 N–H and O–H groups in total. The van der Waals surface area contributed by atoms with Gasteiger partial charge >= 0.3 is 6.18 Å². The maximum absolute atomic E-state index is 12.3. The van der Waals surface area contributed by atoms with Gasteiger partial charge in [-0.25, -0.2) is 0 Å². The lowest BCUT2D eigenvalue weighted by Crippen LogP contribution is -2.43. The number of alkyl halides is 3. The molecule has 1 aliphatic rings. The van der Waals surface area contributed by atoms with E-state index < -0.39 is 12.7 Å². The predicted octanol–water partition coefficient (Wildman–Crippen LogP) is 3.89. The molecule has 168 valence electrons. The zero-order valence-electron chi connectivity index (χ0n) is 17.9. The van der Waals surface area contributed by atoms with Crippen molar-refractivity contribution in [2.24, 2.45) is 16.3 Å². The highest BCUT2D eigenvalue weighted by molar-refractivity contribution is 14.0. The average molecular weight is 522 g/mol. The molecule has 0 amide bonds. The second-order valence-corrected chi connectivity index (χ2v) is 8.41. The van der Waals surface area contributed by atoms with E-state index in [1.165, 1.54) is 11.9 Å². The van der Waals surface area contributed by atoms with E-state index in [-0.39, 0.29) is 35.5 Å². The molecule has 5 nitrogen and oxygen atoms in total. The summed E-state index contributed by atoms with van der Waals surface area (Å²) in [5.41, 5.74) is 0.0788. The molecule has 1 aliphatic heterocycles. The first-order chi connectivity index (χ1) is 12.5. The van der Waals surface area contributed by atoms with Crippen LogP contribution in [0.5, 0.6) is 0 Å². The Morgan fingerprint density at radius 2 is 1.89 bits per heavy atom. The predicted molar refractivity (Wildman–Crippen MR) is 119 cm³/mol. The van der Waals surface area contributed by atoms with Crippen molar-refractivity contribution in [1.29, 1.82) is 0 Å². The van der Waals surface area contributed by atoms with Gasteiger partial charge in [0.1, 0.15) is 0 Å². The van der Waals surface area contributed by atoms with Gasteiger partial charge in [-0.2, -0.15) is 13.2 Å². The fourth-order valence-corrected chi connectivity index (χ4v) is 3.48. The number of ether oxygens (including phenoxy) is 1. The lowest BCUT2D eigenvalue weighted by atomic mass is 9.78. The van der Waals surface area contributed by atoms with Crippen LogP contribution >= 0.6 is 24.0 Å². The highest BCUT2D eigenvalue weighted by Crippen LogP contribution is 2.34. The normalized spacial score (nSPS) is 21.4. The topological polar surface area (TPSA) is 48.9 Å². The van der Waals surface area contributed by atoms with Crippen molar-refractivity contribution in [1.82, 2.24) is 15.5 Å². The molecule has 0 spiro atoms. The lowest BCUT2D eigenvalue weighted by Gasteiger charge is -2.39. The summed E-state index contributed by atoms with van der Waals surface area (Å²) < 4.78 is 43.0. The molecule has 2 atom stereocenters. The Morgan fingerprint density at radius 3 is 2.46 bits per heavy atom. The molecular formula is C19H38F3IN4O. The largest absolute Gasteiger partial charge is 0.401 e. The summed E-state index contributed by atoms with van der Waals surface area (Å²) in [6.45, 7) is 10.9. The Bertz CT molecular complexity index is 455. The van der Waals surface area contributed by atoms with Gasteiger partial charge in [0.15, 0.2) is 5.96 Å². The molecular weight excluding hydrogens is 484 g/mol. The van der Waals surface area contributed by atoms with Gasteiger partial charge < -0.3 is 15.4 Å². The molecule has 0 aromatic carbocycles. The first kappa shape index (κ1) is 27.7. The number of aliphatic imine (C=N–C) groups is 1. The molecule has 1 heterocycles. The third kappa shape index (κ3) is 11.6. The van der Waals surface area contributed by atoms with E-state index in [1.54, 1.807) is 0 Å². The van der Waals surface area contributed by atoms with E-state index in [1.807, 2.05) is 6.92 Å². The zero-order chi connectivity index (χ0) is 20.5. The minimum Gasteiger partial charge on any atom is -0.377 e. The first-order valence-corrected chi connectivity index (χ1v) is 9.92. The molecule has 0 radical (unpaired) electrons. The van der Waals surface area contributed by atoms with Crippen LogP contribution in [0.25, 0.3) is 0 Å². The Balaban J connectivity index is 0.00000729. The van der Waals surface area contributed by atoms with Gasteiger partial charge in [0.2, 0.25) is 0 Å². The van der Waals surface area contributed by atoms with Gasteiger partial charge in [-0.3, -0.25) is 9.89 Å². The highest BCUT2D eigenvalue weighted by Gasteiger charge is 2.35. The van der Waals surface area contributed by atoms with Crippen molar-refractivity contribution >= 4 is 29.9 Å². The molecule has 1 saturated heterocycles. The van der Waals surface area contributed by atoms with Crippen LogP contribution in [0.3, 0.4) is 0 Å². The summed E-state index contributed by atoms with van der Waals surface area (Å²) in [5, 5.41) is 6.43. The molecule has 2 unspecified atom stereocenters.